The highest BCUT2D eigenvalue weighted by Gasteiger charge is 2.17. The molecule has 0 aliphatic carbocycles. The average Bonchev–Trinajstić information content (AvgIpc) is 2.86. The lowest BCUT2D eigenvalue weighted by molar-refractivity contribution is 0.201. The van der Waals surface area contributed by atoms with Crippen molar-refractivity contribution in [1.29, 1.82) is 0 Å². The van der Waals surface area contributed by atoms with E-state index in [-0.39, 0.29) is 22.7 Å². The Hall–Kier alpha value is -3.76. The molecule has 10 heteroatoms. The molecule has 1 aliphatic heterocycles. The molecule has 0 bridgehead atoms. The molecule has 0 saturated carbocycles. The Bertz CT molecular complexity index is 1360. The van der Waals surface area contributed by atoms with Crippen molar-refractivity contribution in [3.63, 3.8) is 0 Å². The number of aliphatic hydroxyl groups excluding tert-OH is 1. The van der Waals surface area contributed by atoms with Crippen molar-refractivity contribution in [3.8, 4) is 11.3 Å². The molecule has 5 rings (SSSR count). The Kier molecular flexibility index (Phi) is 6.23. The fraction of sp³-hybridized carbons (Fsp3) is 0.280. The number of rotatable bonds is 5. The highest BCUT2D eigenvalue weighted by molar-refractivity contribution is 5.87. The summed E-state index contributed by atoms with van der Waals surface area (Å²) in [7, 11) is 2.11. The quantitative estimate of drug-likeness (QED) is 0.447. The molecular formula is C25H25F2N7O. The smallest absolute Gasteiger partial charge is 0.229 e. The number of aromatic nitrogens is 4. The van der Waals surface area contributed by atoms with Crippen LogP contribution >= 0.6 is 0 Å². The number of benzene rings is 1. The first-order chi connectivity index (χ1) is 16.9. The number of anilines is 3. The second kappa shape index (κ2) is 9.47. The van der Waals surface area contributed by atoms with Gasteiger partial charge in [-0.15, -0.1) is 0 Å². The average molecular weight is 478 g/mol. The van der Waals surface area contributed by atoms with Gasteiger partial charge in [0.05, 0.1) is 24.2 Å². The summed E-state index contributed by atoms with van der Waals surface area (Å²) in [6.07, 6.45) is 3.40. The fourth-order valence-electron chi connectivity index (χ4n) is 4.19. The van der Waals surface area contributed by atoms with E-state index in [2.05, 4.69) is 42.1 Å². The normalized spacial score (nSPS) is 15.4. The number of aliphatic hydroxyl groups is 1. The Morgan fingerprint density at radius 3 is 2.49 bits per heavy atom. The van der Waals surface area contributed by atoms with Crippen LogP contribution in [-0.4, -0.2) is 63.2 Å². The van der Waals surface area contributed by atoms with Gasteiger partial charge >= 0.3 is 0 Å². The SMILES string of the molecule is CC(O)c1ccnc2c(F)cc(-c3nc(Nc4ccc(N5CCN(C)CC5)cn4)ncc3F)cc12. The van der Waals surface area contributed by atoms with Gasteiger partial charge in [-0.2, -0.15) is 0 Å². The van der Waals surface area contributed by atoms with Gasteiger partial charge in [0, 0.05) is 43.3 Å². The monoisotopic (exact) mass is 477 g/mol. The molecule has 1 saturated heterocycles. The van der Waals surface area contributed by atoms with Crippen LogP contribution in [0.4, 0.5) is 26.2 Å². The van der Waals surface area contributed by atoms with E-state index in [0.717, 1.165) is 38.1 Å². The van der Waals surface area contributed by atoms with E-state index in [0.29, 0.717) is 16.8 Å². The van der Waals surface area contributed by atoms with E-state index in [1.807, 2.05) is 12.1 Å². The molecule has 2 N–H and O–H groups in total. The minimum atomic E-state index is -0.845. The molecule has 0 spiro atoms. The van der Waals surface area contributed by atoms with Crippen LogP contribution in [-0.2, 0) is 0 Å². The zero-order valence-electron chi connectivity index (χ0n) is 19.4. The molecular weight excluding hydrogens is 452 g/mol. The molecule has 3 aromatic heterocycles. The number of likely N-dealkylation sites (N-methyl/N-ethyl adjacent to an activating group) is 1. The second-order valence-electron chi connectivity index (χ2n) is 8.64. The standard InChI is InChI=1S/C25H25F2N7O/c1-15(35)18-5-6-28-24-19(18)11-16(12-20(24)26)23-21(27)14-30-25(32-23)31-22-4-3-17(13-29-22)34-9-7-33(2)8-10-34/h3-6,11-15,35H,7-10H2,1-2H3,(H,29,30,31,32). The largest absolute Gasteiger partial charge is 0.389 e. The lowest BCUT2D eigenvalue weighted by atomic mass is 10.0. The molecule has 35 heavy (non-hydrogen) atoms. The molecule has 4 heterocycles. The number of halogens is 2. The van der Waals surface area contributed by atoms with Crippen molar-refractivity contribution in [2.24, 2.45) is 0 Å². The second-order valence-corrected chi connectivity index (χ2v) is 8.64. The summed E-state index contributed by atoms with van der Waals surface area (Å²) in [5.41, 5.74) is 1.76. The van der Waals surface area contributed by atoms with Gasteiger partial charge in [0.2, 0.25) is 5.95 Å². The van der Waals surface area contributed by atoms with Gasteiger partial charge in [0.25, 0.3) is 0 Å². The topological polar surface area (TPSA) is 90.3 Å². The summed E-state index contributed by atoms with van der Waals surface area (Å²) >= 11 is 0. The highest BCUT2D eigenvalue weighted by atomic mass is 19.1. The van der Waals surface area contributed by atoms with Gasteiger partial charge in [-0.1, -0.05) is 0 Å². The van der Waals surface area contributed by atoms with E-state index in [4.69, 9.17) is 0 Å². The highest BCUT2D eigenvalue weighted by Crippen LogP contribution is 2.31. The van der Waals surface area contributed by atoms with Gasteiger partial charge < -0.3 is 20.2 Å². The van der Waals surface area contributed by atoms with Crippen LogP contribution in [0.2, 0.25) is 0 Å². The summed E-state index contributed by atoms with van der Waals surface area (Å²) in [6.45, 7) is 5.44. The van der Waals surface area contributed by atoms with E-state index < -0.39 is 17.7 Å². The third-order valence-electron chi connectivity index (χ3n) is 6.16. The maximum absolute atomic E-state index is 14.8. The van der Waals surface area contributed by atoms with Gasteiger partial charge in [-0.25, -0.2) is 23.7 Å². The summed E-state index contributed by atoms with van der Waals surface area (Å²) in [5.74, 6) is -0.696. The van der Waals surface area contributed by atoms with E-state index in [9.17, 15) is 13.9 Å². The molecule has 0 amide bonds. The Balaban J connectivity index is 1.43. The first-order valence-electron chi connectivity index (χ1n) is 11.3. The first-order valence-corrected chi connectivity index (χ1v) is 11.3. The van der Waals surface area contributed by atoms with Gasteiger partial charge in [-0.3, -0.25) is 4.98 Å². The number of nitrogens with zero attached hydrogens (tertiary/aromatic N) is 6. The summed E-state index contributed by atoms with van der Waals surface area (Å²) in [4.78, 5) is 21.3. The summed E-state index contributed by atoms with van der Waals surface area (Å²) < 4.78 is 29.5. The van der Waals surface area contributed by atoms with Crippen LogP contribution in [0, 0.1) is 11.6 Å². The van der Waals surface area contributed by atoms with Crippen LogP contribution in [0.3, 0.4) is 0 Å². The van der Waals surface area contributed by atoms with E-state index >= 15 is 0 Å². The van der Waals surface area contributed by atoms with Gasteiger partial charge in [-0.05, 0) is 49.9 Å². The number of hydrogen-bond acceptors (Lipinski definition) is 8. The van der Waals surface area contributed by atoms with Crippen LogP contribution in [0.1, 0.15) is 18.6 Å². The number of piperazine rings is 1. The third kappa shape index (κ3) is 4.75. The lowest BCUT2D eigenvalue weighted by Gasteiger charge is -2.33. The Labute approximate surface area is 201 Å². The lowest BCUT2D eigenvalue weighted by Crippen LogP contribution is -2.44. The van der Waals surface area contributed by atoms with Crippen molar-refractivity contribution in [3.05, 3.63) is 66.1 Å². The van der Waals surface area contributed by atoms with Crippen LogP contribution in [0.25, 0.3) is 22.2 Å². The number of nitrogens with one attached hydrogen (secondary N) is 1. The van der Waals surface area contributed by atoms with Crippen molar-refractivity contribution >= 4 is 28.4 Å². The Morgan fingerprint density at radius 1 is 0.971 bits per heavy atom. The van der Waals surface area contributed by atoms with Crippen LogP contribution < -0.4 is 10.2 Å². The molecule has 180 valence electrons. The van der Waals surface area contributed by atoms with Crippen LogP contribution in [0.15, 0.2) is 48.9 Å². The minimum absolute atomic E-state index is 0.0715. The first kappa shape index (κ1) is 23.0. The summed E-state index contributed by atoms with van der Waals surface area (Å²) in [6, 6.07) is 8.15. The predicted octanol–water partition coefficient (Wildman–Crippen LogP) is 3.91. The molecule has 1 aliphatic rings. The van der Waals surface area contributed by atoms with Crippen LogP contribution in [0.5, 0.6) is 0 Å². The van der Waals surface area contributed by atoms with Gasteiger partial charge in [0.15, 0.2) is 5.82 Å². The molecule has 1 unspecified atom stereocenters. The molecule has 4 aromatic rings. The summed E-state index contributed by atoms with van der Waals surface area (Å²) in [5, 5.41) is 13.5. The molecule has 1 atom stereocenters. The maximum atomic E-state index is 14.8. The van der Waals surface area contributed by atoms with Gasteiger partial charge in [0.1, 0.15) is 22.8 Å². The maximum Gasteiger partial charge on any atom is 0.229 e. The van der Waals surface area contributed by atoms with Crippen molar-refractivity contribution < 1.29 is 13.9 Å². The van der Waals surface area contributed by atoms with Crippen molar-refractivity contribution in [2.75, 3.05) is 43.4 Å². The predicted molar refractivity (Wildman–Crippen MR) is 131 cm³/mol. The minimum Gasteiger partial charge on any atom is -0.389 e. The fourth-order valence-corrected chi connectivity index (χ4v) is 4.19. The number of hydrogen-bond donors (Lipinski definition) is 2. The number of fused-ring (bicyclic) bond motifs is 1. The molecule has 8 nitrogen and oxygen atoms in total. The Morgan fingerprint density at radius 2 is 1.77 bits per heavy atom. The molecule has 0 radical (unpaired) electrons. The van der Waals surface area contributed by atoms with E-state index in [1.165, 1.54) is 12.3 Å². The zero-order chi connectivity index (χ0) is 24.5. The third-order valence-corrected chi connectivity index (χ3v) is 6.16. The molecule has 1 aromatic carbocycles. The van der Waals surface area contributed by atoms with Crippen molar-refractivity contribution in [1.82, 2.24) is 24.8 Å². The van der Waals surface area contributed by atoms with E-state index in [1.54, 1.807) is 25.3 Å². The molecule has 1 fully saturated rings. The zero-order valence-corrected chi connectivity index (χ0v) is 19.4. The van der Waals surface area contributed by atoms with Crippen molar-refractivity contribution in [2.45, 2.75) is 13.0 Å². The number of pyridine rings is 2.